The molecule has 2 aromatic carbocycles. The summed E-state index contributed by atoms with van der Waals surface area (Å²) in [4.78, 5) is 9.21. The number of nitrogens with zero attached hydrogens (tertiary/aromatic N) is 7. The lowest BCUT2D eigenvalue weighted by atomic mass is 9.96. The third-order valence-electron chi connectivity index (χ3n) is 7.63. The van der Waals surface area contributed by atoms with E-state index in [9.17, 15) is 14.9 Å². The molecule has 0 unspecified atom stereocenters. The van der Waals surface area contributed by atoms with Gasteiger partial charge in [0.05, 0.1) is 52.0 Å². The molecular formula is C33H30FN9. The molecule has 1 saturated carbocycles. The van der Waals surface area contributed by atoms with E-state index in [2.05, 4.69) is 63.8 Å². The van der Waals surface area contributed by atoms with Gasteiger partial charge in [-0.05, 0) is 60.2 Å². The van der Waals surface area contributed by atoms with Gasteiger partial charge in [0.2, 0.25) is 0 Å². The minimum atomic E-state index is -0.547. The first-order valence-electron chi connectivity index (χ1n) is 14.1. The number of anilines is 2. The molecule has 10 heteroatoms. The molecule has 6 rings (SSSR count). The molecule has 1 fully saturated rings. The second-order valence-electron chi connectivity index (χ2n) is 12.1. The van der Waals surface area contributed by atoms with Crippen LogP contribution in [0, 0.1) is 33.9 Å². The summed E-state index contributed by atoms with van der Waals surface area (Å²) in [5.74, 6) is -0.351. The highest BCUT2D eigenvalue weighted by molar-refractivity contribution is 6.01. The monoisotopic (exact) mass is 571 g/mol. The van der Waals surface area contributed by atoms with Crippen LogP contribution in [0.2, 0.25) is 0 Å². The van der Waals surface area contributed by atoms with Crippen LogP contribution in [0.5, 0.6) is 0 Å². The van der Waals surface area contributed by atoms with Gasteiger partial charge in [-0.1, -0.05) is 44.2 Å². The fraction of sp³-hybridized carbons (Fsp3) is 0.273. The Kier molecular flexibility index (Phi) is 6.99. The Labute approximate surface area is 249 Å². The lowest BCUT2D eigenvalue weighted by molar-refractivity contribution is 0.443. The van der Waals surface area contributed by atoms with Crippen molar-refractivity contribution in [1.29, 1.82) is 10.5 Å². The lowest BCUT2D eigenvalue weighted by Gasteiger charge is -2.23. The number of nitriles is 2. The molecule has 1 atom stereocenters. The topological polar surface area (TPSA) is 128 Å². The number of benzene rings is 2. The van der Waals surface area contributed by atoms with Crippen molar-refractivity contribution >= 4 is 22.3 Å². The van der Waals surface area contributed by atoms with Crippen LogP contribution in [0.4, 0.5) is 15.8 Å². The van der Waals surface area contributed by atoms with Crippen LogP contribution in [0.3, 0.4) is 0 Å². The van der Waals surface area contributed by atoms with Gasteiger partial charge < -0.3 is 10.6 Å². The Morgan fingerprint density at radius 1 is 1.05 bits per heavy atom. The largest absolute Gasteiger partial charge is 0.383 e. The van der Waals surface area contributed by atoms with E-state index < -0.39 is 6.04 Å². The average molecular weight is 572 g/mol. The molecule has 0 radical (unpaired) electrons. The summed E-state index contributed by atoms with van der Waals surface area (Å²) in [5, 5.41) is 36.5. The number of rotatable bonds is 8. The number of halogens is 1. The van der Waals surface area contributed by atoms with Gasteiger partial charge in [0.15, 0.2) is 0 Å². The number of fused-ring (bicyclic) bond motifs is 1. The summed E-state index contributed by atoms with van der Waals surface area (Å²) in [7, 11) is 0. The minimum Gasteiger partial charge on any atom is -0.383 e. The molecule has 0 aliphatic heterocycles. The summed E-state index contributed by atoms with van der Waals surface area (Å²) in [6.07, 6.45) is 7.00. The maximum absolute atomic E-state index is 14.0. The van der Waals surface area contributed by atoms with Crippen LogP contribution >= 0.6 is 0 Å². The summed E-state index contributed by atoms with van der Waals surface area (Å²) in [6, 6.07) is 19.4. The van der Waals surface area contributed by atoms with Crippen molar-refractivity contribution in [3.63, 3.8) is 0 Å². The number of hydrogen-bond acceptors (Lipinski definition) is 8. The third-order valence-corrected chi connectivity index (χ3v) is 7.63. The summed E-state index contributed by atoms with van der Waals surface area (Å²) in [6.45, 7) is 6.91. The van der Waals surface area contributed by atoms with Crippen molar-refractivity contribution < 1.29 is 4.39 Å². The van der Waals surface area contributed by atoms with Gasteiger partial charge in [-0.3, -0.25) is 9.97 Å². The van der Waals surface area contributed by atoms with Crippen LogP contribution < -0.4 is 10.6 Å². The van der Waals surface area contributed by atoms with Crippen LogP contribution in [0.15, 0.2) is 73.2 Å². The van der Waals surface area contributed by atoms with E-state index in [4.69, 9.17) is 0 Å². The van der Waals surface area contributed by atoms with Crippen molar-refractivity contribution in [2.75, 3.05) is 17.2 Å². The van der Waals surface area contributed by atoms with Gasteiger partial charge in [0.25, 0.3) is 0 Å². The summed E-state index contributed by atoms with van der Waals surface area (Å²) < 4.78 is 15.8. The SMILES string of the molecule is CC(C)(C)CNc1c(C#N)cnc2c(N[C@@H](c3ccc(F)cc3)c3cn(C4(c5ccccn5)CC4)nn3)cc(C#N)cc12. The fourth-order valence-electron chi connectivity index (χ4n) is 5.22. The molecule has 214 valence electrons. The number of hydrogen-bond donors (Lipinski definition) is 2. The molecule has 9 nitrogen and oxygen atoms in total. The quantitative estimate of drug-likeness (QED) is 0.222. The predicted octanol–water partition coefficient (Wildman–Crippen LogP) is 6.30. The van der Waals surface area contributed by atoms with E-state index in [1.165, 1.54) is 18.3 Å². The first kappa shape index (κ1) is 27.8. The minimum absolute atomic E-state index is 0.0517. The van der Waals surface area contributed by atoms with Crippen molar-refractivity contribution in [3.05, 3.63) is 107 Å². The second kappa shape index (κ2) is 10.8. The summed E-state index contributed by atoms with van der Waals surface area (Å²) in [5.41, 5.74) is 4.47. The highest BCUT2D eigenvalue weighted by Crippen LogP contribution is 2.48. The van der Waals surface area contributed by atoms with E-state index in [1.54, 1.807) is 30.5 Å². The lowest BCUT2D eigenvalue weighted by Crippen LogP contribution is -2.21. The first-order chi connectivity index (χ1) is 20.7. The van der Waals surface area contributed by atoms with Crippen LogP contribution in [-0.2, 0) is 5.54 Å². The molecule has 0 bridgehead atoms. The van der Waals surface area contributed by atoms with Crippen molar-refractivity contribution in [2.45, 2.75) is 45.2 Å². The first-order valence-corrected chi connectivity index (χ1v) is 14.1. The standard InChI is InChI=1S/C33H30FN9/c1-32(2,3)20-39-29-23(17-36)18-38-31-25(29)14-21(16-35)15-26(31)40-30(22-7-9-24(34)10-8-22)27-19-43(42-41-27)33(11-12-33)28-6-4-5-13-37-28/h4-10,13-15,18-19,30,40H,11-12,20H2,1-3H3,(H,38,39)/t30-/m0/s1. The molecule has 43 heavy (non-hydrogen) atoms. The molecule has 2 N–H and O–H groups in total. The van der Waals surface area contributed by atoms with E-state index in [-0.39, 0.29) is 16.8 Å². The smallest absolute Gasteiger partial charge is 0.123 e. The van der Waals surface area contributed by atoms with Gasteiger partial charge >= 0.3 is 0 Å². The molecule has 3 aromatic heterocycles. The molecule has 5 aromatic rings. The zero-order valence-corrected chi connectivity index (χ0v) is 24.1. The molecule has 0 saturated heterocycles. The average Bonchev–Trinajstić information content (AvgIpc) is 3.68. The summed E-state index contributed by atoms with van der Waals surface area (Å²) >= 11 is 0. The Bertz CT molecular complexity index is 1870. The Balaban J connectivity index is 1.45. The van der Waals surface area contributed by atoms with Crippen LogP contribution in [0.1, 0.15) is 67.7 Å². The number of pyridine rings is 2. The van der Waals surface area contributed by atoms with Gasteiger partial charge in [0, 0.05) is 24.3 Å². The molecule has 1 aliphatic rings. The number of nitrogens with one attached hydrogen (secondary N) is 2. The Morgan fingerprint density at radius 2 is 1.84 bits per heavy atom. The van der Waals surface area contributed by atoms with E-state index in [1.807, 2.05) is 29.1 Å². The maximum atomic E-state index is 14.0. The highest BCUT2D eigenvalue weighted by atomic mass is 19.1. The van der Waals surface area contributed by atoms with Crippen molar-refractivity contribution in [1.82, 2.24) is 25.0 Å². The Hall–Kier alpha value is -5.35. The molecule has 1 aliphatic carbocycles. The van der Waals surface area contributed by atoms with Gasteiger partial charge in [-0.25, -0.2) is 9.07 Å². The van der Waals surface area contributed by atoms with E-state index in [0.29, 0.717) is 45.6 Å². The maximum Gasteiger partial charge on any atom is 0.123 e. The fourth-order valence-corrected chi connectivity index (χ4v) is 5.22. The van der Waals surface area contributed by atoms with Gasteiger partial charge in [-0.2, -0.15) is 10.5 Å². The zero-order chi connectivity index (χ0) is 30.2. The van der Waals surface area contributed by atoms with Crippen LogP contribution in [-0.4, -0.2) is 31.5 Å². The van der Waals surface area contributed by atoms with Gasteiger partial charge in [-0.15, -0.1) is 5.10 Å². The zero-order valence-electron chi connectivity index (χ0n) is 24.1. The molecular weight excluding hydrogens is 541 g/mol. The number of aromatic nitrogens is 5. The highest BCUT2D eigenvalue weighted by Gasteiger charge is 2.49. The van der Waals surface area contributed by atoms with E-state index >= 15 is 0 Å². The van der Waals surface area contributed by atoms with Crippen molar-refractivity contribution in [3.8, 4) is 12.1 Å². The van der Waals surface area contributed by atoms with Crippen molar-refractivity contribution in [2.24, 2.45) is 5.41 Å². The van der Waals surface area contributed by atoms with Gasteiger partial charge in [0.1, 0.15) is 23.1 Å². The molecule has 3 heterocycles. The molecule has 0 amide bonds. The second-order valence-corrected chi connectivity index (χ2v) is 12.1. The normalized spacial score (nSPS) is 14.5. The Morgan fingerprint density at radius 3 is 2.49 bits per heavy atom. The third kappa shape index (κ3) is 5.47. The molecule has 0 spiro atoms. The predicted molar refractivity (Wildman–Crippen MR) is 162 cm³/mol. The van der Waals surface area contributed by atoms with Crippen LogP contribution in [0.25, 0.3) is 10.9 Å². The van der Waals surface area contributed by atoms with E-state index in [0.717, 1.165) is 24.1 Å².